The average molecular weight is 350 g/mol. The molecule has 2 rings (SSSR count). The molecule has 130 valence electrons. The topological polar surface area (TPSA) is 89.0 Å². The van der Waals surface area contributed by atoms with Crippen molar-refractivity contribution in [2.24, 2.45) is 0 Å². The van der Waals surface area contributed by atoms with Gasteiger partial charge in [-0.3, -0.25) is 9.36 Å². The SMILES string of the molecule is COCCCn1c(SC(C)C(=O)Nc2cccc(C)c2)n[nH]c1=O. The van der Waals surface area contributed by atoms with Crippen molar-refractivity contribution < 1.29 is 9.53 Å². The maximum Gasteiger partial charge on any atom is 0.343 e. The van der Waals surface area contributed by atoms with E-state index in [4.69, 9.17) is 4.74 Å². The minimum Gasteiger partial charge on any atom is -0.385 e. The van der Waals surface area contributed by atoms with Crippen LogP contribution in [-0.4, -0.2) is 39.6 Å². The van der Waals surface area contributed by atoms with E-state index in [2.05, 4.69) is 15.5 Å². The van der Waals surface area contributed by atoms with Crippen molar-refractivity contribution >= 4 is 23.4 Å². The first kappa shape index (κ1) is 18.3. The number of aromatic amines is 1. The van der Waals surface area contributed by atoms with Crippen molar-refractivity contribution in [2.45, 2.75) is 37.2 Å². The fraction of sp³-hybridized carbons (Fsp3) is 0.438. The molecule has 1 atom stereocenters. The number of carbonyl (C=O) groups is 1. The third kappa shape index (κ3) is 4.97. The van der Waals surface area contributed by atoms with Crippen LogP contribution in [0.4, 0.5) is 5.69 Å². The molecule has 1 unspecified atom stereocenters. The molecule has 1 amide bonds. The van der Waals surface area contributed by atoms with Gasteiger partial charge in [-0.05, 0) is 38.0 Å². The fourth-order valence-corrected chi connectivity index (χ4v) is 3.02. The highest BCUT2D eigenvalue weighted by molar-refractivity contribution is 8.00. The van der Waals surface area contributed by atoms with Crippen molar-refractivity contribution in [1.82, 2.24) is 14.8 Å². The Balaban J connectivity index is 2.00. The van der Waals surface area contributed by atoms with Crippen LogP contribution >= 0.6 is 11.8 Å². The standard InChI is InChI=1S/C16H22N4O3S/c1-11-6-4-7-13(10-11)17-14(21)12(2)24-16-19-18-15(22)20(16)8-5-9-23-3/h4,6-7,10,12H,5,8-9H2,1-3H3,(H,17,21)(H,18,22). The summed E-state index contributed by atoms with van der Waals surface area (Å²) in [7, 11) is 1.62. The normalized spacial score (nSPS) is 12.1. The number of nitrogens with one attached hydrogen (secondary N) is 2. The molecule has 8 heteroatoms. The van der Waals surface area contributed by atoms with Crippen LogP contribution in [-0.2, 0) is 16.1 Å². The van der Waals surface area contributed by atoms with Crippen LogP contribution in [0.1, 0.15) is 18.9 Å². The first-order valence-corrected chi connectivity index (χ1v) is 8.57. The van der Waals surface area contributed by atoms with Crippen LogP contribution in [0.15, 0.2) is 34.2 Å². The van der Waals surface area contributed by atoms with E-state index in [0.29, 0.717) is 24.7 Å². The molecular weight excluding hydrogens is 328 g/mol. The zero-order valence-electron chi connectivity index (χ0n) is 14.0. The fourth-order valence-electron chi connectivity index (χ4n) is 2.14. The Bertz CT molecular complexity index is 741. The van der Waals surface area contributed by atoms with E-state index >= 15 is 0 Å². The number of nitrogens with zero attached hydrogens (tertiary/aromatic N) is 2. The van der Waals surface area contributed by atoms with Crippen molar-refractivity contribution in [3.05, 3.63) is 40.3 Å². The van der Waals surface area contributed by atoms with E-state index in [9.17, 15) is 9.59 Å². The highest BCUT2D eigenvalue weighted by Gasteiger charge is 2.19. The van der Waals surface area contributed by atoms with Crippen molar-refractivity contribution in [1.29, 1.82) is 0 Å². The Morgan fingerprint density at radius 2 is 2.29 bits per heavy atom. The minimum absolute atomic E-state index is 0.135. The van der Waals surface area contributed by atoms with E-state index in [1.165, 1.54) is 16.3 Å². The predicted molar refractivity (Wildman–Crippen MR) is 94.5 cm³/mol. The van der Waals surface area contributed by atoms with Gasteiger partial charge in [0.25, 0.3) is 0 Å². The lowest BCUT2D eigenvalue weighted by Crippen LogP contribution is -2.24. The van der Waals surface area contributed by atoms with Gasteiger partial charge in [0, 0.05) is 25.9 Å². The zero-order chi connectivity index (χ0) is 17.5. The monoisotopic (exact) mass is 350 g/mol. The summed E-state index contributed by atoms with van der Waals surface area (Å²) in [5.41, 5.74) is 1.55. The number of ether oxygens (including phenoxy) is 1. The van der Waals surface area contributed by atoms with Crippen LogP contribution in [0.5, 0.6) is 0 Å². The Hall–Kier alpha value is -2.06. The first-order chi connectivity index (χ1) is 11.5. The quantitative estimate of drug-likeness (QED) is 0.562. The van der Waals surface area contributed by atoms with E-state index in [1.54, 1.807) is 14.0 Å². The van der Waals surface area contributed by atoms with E-state index < -0.39 is 0 Å². The van der Waals surface area contributed by atoms with Crippen molar-refractivity contribution in [2.75, 3.05) is 19.0 Å². The summed E-state index contributed by atoms with van der Waals surface area (Å²) in [5, 5.41) is 9.43. The maximum atomic E-state index is 12.3. The molecule has 7 nitrogen and oxygen atoms in total. The molecule has 2 aromatic rings. The summed E-state index contributed by atoms with van der Waals surface area (Å²) in [6.07, 6.45) is 0.702. The van der Waals surface area contributed by atoms with Gasteiger partial charge in [0.2, 0.25) is 5.91 Å². The summed E-state index contributed by atoms with van der Waals surface area (Å²) in [6, 6.07) is 7.61. The van der Waals surface area contributed by atoms with Crippen LogP contribution in [0.3, 0.4) is 0 Å². The highest BCUT2D eigenvalue weighted by atomic mass is 32.2. The Morgan fingerprint density at radius 3 is 3.00 bits per heavy atom. The summed E-state index contributed by atoms with van der Waals surface area (Å²) in [6.45, 7) is 4.81. The predicted octanol–water partition coefficient (Wildman–Crippen LogP) is 2.04. The summed E-state index contributed by atoms with van der Waals surface area (Å²) >= 11 is 1.25. The molecule has 0 aliphatic heterocycles. The molecule has 0 saturated heterocycles. The maximum absolute atomic E-state index is 12.3. The summed E-state index contributed by atoms with van der Waals surface area (Å²) < 4.78 is 6.53. The number of hydrogen-bond acceptors (Lipinski definition) is 5. The second-order valence-corrected chi connectivity index (χ2v) is 6.74. The lowest BCUT2D eigenvalue weighted by Gasteiger charge is -2.12. The molecule has 1 aromatic heterocycles. The van der Waals surface area contributed by atoms with Crippen LogP contribution < -0.4 is 11.0 Å². The van der Waals surface area contributed by atoms with E-state index in [0.717, 1.165) is 11.3 Å². The number of benzene rings is 1. The lowest BCUT2D eigenvalue weighted by atomic mass is 10.2. The number of aromatic nitrogens is 3. The second-order valence-electron chi connectivity index (χ2n) is 5.43. The minimum atomic E-state index is -0.387. The molecule has 0 bridgehead atoms. The molecule has 0 aliphatic carbocycles. The number of carbonyl (C=O) groups excluding carboxylic acids is 1. The van der Waals surface area contributed by atoms with Crippen LogP contribution in [0.25, 0.3) is 0 Å². The van der Waals surface area contributed by atoms with Gasteiger partial charge in [0.05, 0.1) is 5.25 Å². The molecule has 2 N–H and O–H groups in total. The molecular formula is C16H22N4O3S. The number of hydrogen-bond donors (Lipinski definition) is 2. The van der Waals surface area contributed by atoms with Crippen molar-refractivity contribution in [3.63, 3.8) is 0 Å². The first-order valence-electron chi connectivity index (χ1n) is 7.69. The Morgan fingerprint density at radius 1 is 1.50 bits per heavy atom. The number of anilines is 1. The summed E-state index contributed by atoms with van der Waals surface area (Å²) in [5.74, 6) is -0.135. The third-order valence-electron chi connectivity index (χ3n) is 3.39. The van der Waals surface area contributed by atoms with Gasteiger partial charge in [0.15, 0.2) is 5.16 Å². The molecule has 1 aromatic carbocycles. The van der Waals surface area contributed by atoms with Crippen LogP contribution in [0, 0.1) is 6.92 Å². The number of aryl methyl sites for hydroxylation is 1. The van der Waals surface area contributed by atoms with Gasteiger partial charge in [-0.25, -0.2) is 9.89 Å². The van der Waals surface area contributed by atoms with Gasteiger partial charge in [-0.1, -0.05) is 23.9 Å². The van der Waals surface area contributed by atoms with Gasteiger partial charge in [-0.15, -0.1) is 5.10 Å². The number of methoxy groups -OCH3 is 1. The third-order valence-corrected chi connectivity index (χ3v) is 4.48. The van der Waals surface area contributed by atoms with E-state index in [-0.39, 0.29) is 16.8 Å². The van der Waals surface area contributed by atoms with E-state index in [1.807, 2.05) is 31.2 Å². The Kier molecular flexibility index (Phi) is 6.62. The van der Waals surface area contributed by atoms with Gasteiger partial charge < -0.3 is 10.1 Å². The molecule has 0 radical (unpaired) electrons. The van der Waals surface area contributed by atoms with Crippen LogP contribution in [0.2, 0.25) is 0 Å². The molecule has 24 heavy (non-hydrogen) atoms. The van der Waals surface area contributed by atoms with Gasteiger partial charge in [-0.2, -0.15) is 0 Å². The number of thioether (sulfide) groups is 1. The summed E-state index contributed by atoms with van der Waals surface area (Å²) in [4.78, 5) is 24.1. The molecule has 0 fully saturated rings. The molecule has 1 heterocycles. The number of rotatable bonds is 8. The van der Waals surface area contributed by atoms with Gasteiger partial charge in [0.1, 0.15) is 0 Å². The Labute approximate surface area is 144 Å². The largest absolute Gasteiger partial charge is 0.385 e. The zero-order valence-corrected chi connectivity index (χ0v) is 14.9. The van der Waals surface area contributed by atoms with Crippen molar-refractivity contribution in [3.8, 4) is 0 Å². The smallest absolute Gasteiger partial charge is 0.343 e. The molecule has 0 spiro atoms. The molecule has 0 aliphatic rings. The second kappa shape index (κ2) is 8.70. The van der Waals surface area contributed by atoms with Gasteiger partial charge >= 0.3 is 5.69 Å². The average Bonchev–Trinajstić information content (AvgIpc) is 2.88. The molecule has 0 saturated carbocycles. The number of amides is 1. The highest BCUT2D eigenvalue weighted by Crippen LogP contribution is 2.21. The number of H-pyrrole nitrogens is 1. The lowest BCUT2D eigenvalue weighted by molar-refractivity contribution is -0.115.